The third-order valence-electron chi connectivity index (χ3n) is 3.81. The van der Waals surface area contributed by atoms with Crippen LogP contribution < -0.4 is 5.73 Å². The van der Waals surface area contributed by atoms with Crippen molar-refractivity contribution in [3.63, 3.8) is 0 Å². The molecule has 0 fully saturated rings. The van der Waals surface area contributed by atoms with E-state index in [9.17, 15) is 4.79 Å². The van der Waals surface area contributed by atoms with Crippen molar-refractivity contribution in [2.75, 3.05) is 7.11 Å². The van der Waals surface area contributed by atoms with E-state index in [1.165, 1.54) is 12.5 Å². The number of ether oxygens (including phenoxy) is 1. The minimum absolute atomic E-state index is 0.179. The fourth-order valence-corrected chi connectivity index (χ4v) is 2.76. The van der Waals surface area contributed by atoms with Crippen molar-refractivity contribution >= 4 is 27.5 Å². The smallest absolute Gasteiger partial charge is 0.307 e. The molecule has 3 aromatic rings. The number of fused-ring (bicyclic) bond motifs is 3. The van der Waals surface area contributed by atoms with Crippen molar-refractivity contribution < 1.29 is 9.53 Å². The molecule has 0 bridgehead atoms. The van der Waals surface area contributed by atoms with Crippen LogP contribution in [0.3, 0.4) is 0 Å². The Balaban J connectivity index is 2.22. The average Bonchev–Trinajstić information content (AvgIpc) is 2.53. The Hall–Kier alpha value is -2.39. The first-order valence-electron chi connectivity index (χ1n) is 6.93. The van der Waals surface area contributed by atoms with Crippen molar-refractivity contribution in [1.82, 2.24) is 0 Å². The van der Waals surface area contributed by atoms with E-state index in [2.05, 4.69) is 24.3 Å². The molecule has 0 amide bonds. The number of carbonyl (C=O) groups is 1. The molecular weight excluding hydrogens is 262 g/mol. The highest BCUT2D eigenvalue weighted by molar-refractivity contribution is 6.09. The van der Waals surface area contributed by atoms with Gasteiger partial charge >= 0.3 is 5.97 Å². The fourth-order valence-electron chi connectivity index (χ4n) is 2.76. The Morgan fingerprint density at radius 1 is 1.05 bits per heavy atom. The highest BCUT2D eigenvalue weighted by atomic mass is 16.5. The molecule has 0 unspecified atom stereocenters. The first-order valence-corrected chi connectivity index (χ1v) is 6.93. The summed E-state index contributed by atoms with van der Waals surface area (Å²) in [7, 11) is 1.38. The maximum absolute atomic E-state index is 11.5. The summed E-state index contributed by atoms with van der Waals surface area (Å²) < 4.78 is 4.72. The second-order valence-corrected chi connectivity index (χ2v) is 5.12. The van der Waals surface area contributed by atoms with Gasteiger partial charge in [0.05, 0.1) is 13.5 Å². The van der Waals surface area contributed by atoms with Crippen LogP contribution in [0.4, 0.5) is 0 Å². The molecule has 0 saturated carbocycles. The molecule has 3 nitrogen and oxygen atoms in total. The van der Waals surface area contributed by atoms with Gasteiger partial charge in [0.25, 0.3) is 0 Å². The normalized spacial score (nSPS) is 12.5. The van der Waals surface area contributed by atoms with Crippen LogP contribution in [0.5, 0.6) is 0 Å². The number of benzene rings is 3. The Morgan fingerprint density at radius 3 is 2.38 bits per heavy atom. The largest absolute Gasteiger partial charge is 0.469 e. The average molecular weight is 279 g/mol. The lowest BCUT2D eigenvalue weighted by Crippen LogP contribution is -2.16. The summed E-state index contributed by atoms with van der Waals surface area (Å²) in [4.78, 5) is 11.5. The molecule has 0 radical (unpaired) electrons. The van der Waals surface area contributed by atoms with Crippen molar-refractivity contribution in [3.05, 3.63) is 60.2 Å². The van der Waals surface area contributed by atoms with E-state index in [1.807, 2.05) is 30.3 Å². The van der Waals surface area contributed by atoms with Crippen LogP contribution in [-0.4, -0.2) is 13.1 Å². The zero-order valence-corrected chi connectivity index (χ0v) is 11.9. The summed E-state index contributed by atoms with van der Waals surface area (Å²) in [6, 6.07) is 18.1. The Labute approximate surface area is 123 Å². The van der Waals surface area contributed by atoms with Crippen LogP contribution in [-0.2, 0) is 9.53 Å². The van der Waals surface area contributed by atoms with Gasteiger partial charge < -0.3 is 10.5 Å². The Kier molecular flexibility index (Phi) is 3.59. The Bertz CT molecular complexity index is 811. The van der Waals surface area contributed by atoms with E-state index in [0.717, 1.165) is 21.7 Å². The van der Waals surface area contributed by atoms with Gasteiger partial charge in [0.15, 0.2) is 0 Å². The van der Waals surface area contributed by atoms with E-state index >= 15 is 0 Å². The Morgan fingerprint density at radius 2 is 1.67 bits per heavy atom. The van der Waals surface area contributed by atoms with Crippen molar-refractivity contribution in [2.24, 2.45) is 5.73 Å². The van der Waals surface area contributed by atoms with Gasteiger partial charge in [-0.3, -0.25) is 4.79 Å². The van der Waals surface area contributed by atoms with Crippen molar-refractivity contribution in [2.45, 2.75) is 12.5 Å². The zero-order valence-electron chi connectivity index (χ0n) is 11.9. The molecule has 0 aliphatic carbocycles. The van der Waals surface area contributed by atoms with Crippen LogP contribution in [0, 0.1) is 0 Å². The lowest BCUT2D eigenvalue weighted by atomic mass is 9.92. The maximum Gasteiger partial charge on any atom is 0.307 e. The topological polar surface area (TPSA) is 52.3 Å². The first kappa shape index (κ1) is 13.6. The van der Waals surface area contributed by atoms with Crippen LogP contribution in [0.25, 0.3) is 21.5 Å². The second kappa shape index (κ2) is 5.54. The second-order valence-electron chi connectivity index (χ2n) is 5.12. The molecule has 0 aromatic heterocycles. The van der Waals surface area contributed by atoms with Gasteiger partial charge in [0, 0.05) is 6.04 Å². The molecule has 0 heterocycles. The molecule has 0 aliphatic heterocycles. The number of rotatable bonds is 3. The lowest BCUT2D eigenvalue weighted by molar-refractivity contribution is -0.141. The standard InChI is InChI=1S/C18H17NO2/c1-21-18(20)11-17(19)16-10-12-6-2-3-7-13(12)14-8-4-5-9-15(14)16/h2-10,17H,11,19H2,1H3/t17-/m1/s1. The SMILES string of the molecule is COC(=O)C[C@@H](N)c1cc2ccccc2c2ccccc12. The monoisotopic (exact) mass is 279 g/mol. The molecule has 21 heavy (non-hydrogen) atoms. The van der Waals surface area contributed by atoms with E-state index in [0.29, 0.717) is 0 Å². The molecule has 3 heteroatoms. The maximum atomic E-state index is 11.5. The molecule has 0 aliphatic rings. The molecule has 0 spiro atoms. The van der Waals surface area contributed by atoms with Gasteiger partial charge in [-0.25, -0.2) is 0 Å². The number of hydrogen-bond donors (Lipinski definition) is 1. The van der Waals surface area contributed by atoms with Crippen molar-refractivity contribution in [1.29, 1.82) is 0 Å². The number of esters is 1. The molecule has 2 N–H and O–H groups in total. The van der Waals surface area contributed by atoms with Gasteiger partial charge in [-0.05, 0) is 33.2 Å². The minimum Gasteiger partial charge on any atom is -0.469 e. The minimum atomic E-state index is -0.369. The summed E-state index contributed by atoms with van der Waals surface area (Å²) in [5.41, 5.74) is 7.21. The van der Waals surface area contributed by atoms with Crippen molar-refractivity contribution in [3.8, 4) is 0 Å². The number of hydrogen-bond acceptors (Lipinski definition) is 3. The molecule has 3 aromatic carbocycles. The van der Waals surface area contributed by atoms with Gasteiger partial charge in [0.2, 0.25) is 0 Å². The molecule has 1 atom stereocenters. The quantitative estimate of drug-likeness (QED) is 0.589. The third-order valence-corrected chi connectivity index (χ3v) is 3.81. The van der Waals surface area contributed by atoms with Gasteiger partial charge in [0.1, 0.15) is 0 Å². The van der Waals surface area contributed by atoms with E-state index in [4.69, 9.17) is 10.5 Å². The number of nitrogens with two attached hydrogens (primary N) is 1. The van der Waals surface area contributed by atoms with Crippen LogP contribution in [0.2, 0.25) is 0 Å². The van der Waals surface area contributed by atoms with Gasteiger partial charge in [-0.1, -0.05) is 48.5 Å². The first-order chi connectivity index (χ1) is 10.2. The lowest BCUT2D eigenvalue weighted by Gasteiger charge is -2.16. The molecule has 0 saturated heterocycles. The highest BCUT2D eigenvalue weighted by Gasteiger charge is 2.16. The van der Waals surface area contributed by atoms with Gasteiger partial charge in [-0.2, -0.15) is 0 Å². The van der Waals surface area contributed by atoms with E-state index < -0.39 is 0 Å². The van der Waals surface area contributed by atoms with Crippen LogP contribution >= 0.6 is 0 Å². The van der Waals surface area contributed by atoms with Crippen LogP contribution in [0.1, 0.15) is 18.0 Å². The zero-order chi connectivity index (χ0) is 14.8. The summed E-state index contributed by atoms with van der Waals surface area (Å²) >= 11 is 0. The predicted molar refractivity (Wildman–Crippen MR) is 85.0 cm³/mol. The fraction of sp³-hybridized carbons (Fsp3) is 0.167. The molecule has 106 valence electrons. The predicted octanol–water partition coefficient (Wildman–Crippen LogP) is 3.56. The van der Waals surface area contributed by atoms with Gasteiger partial charge in [-0.15, -0.1) is 0 Å². The summed E-state index contributed by atoms with van der Waals surface area (Å²) in [5, 5.41) is 4.58. The highest BCUT2D eigenvalue weighted by Crippen LogP contribution is 2.32. The summed E-state index contributed by atoms with van der Waals surface area (Å²) in [5.74, 6) is -0.292. The summed E-state index contributed by atoms with van der Waals surface area (Å²) in [6.45, 7) is 0. The molecular formula is C18H17NO2. The molecule has 3 rings (SSSR count). The summed E-state index contributed by atoms with van der Waals surface area (Å²) in [6.07, 6.45) is 0.179. The third kappa shape index (κ3) is 2.48. The number of methoxy groups -OCH3 is 1. The van der Waals surface area contributed by atoms with Crippen LogP contribution in [0.15, 0.2) is 54.6 Å². The number of carbonyl (C=O) groups excluding carboxylic acids is 1. The van der Waals surface area contributed by atoms with E-state index in [-0.39, 0.29) is 18.4 Å². The van der Waals surface area contributed by atoms with E-state index in [1.54, 1.807) is 0 Å².